The molecule has 4 nitrogen and oxygen atoms in total. The van der Waals surface area contributed by atoms with Gasteiger partial charge in [0.15, 0.2) is 0 Å². The van der Waals surface area contributed by atoms with Crippen LogP contribution in [0.3, 0.4) is 0 Å². The molecule has 1 amide bonds. The van der Waals surface area contributed by atoms with Crippen LogP contribution in [0.25, 0.3) is 0 Å². The normalized spacial score (nSPS) is 12.8. The summed E-state index contributed by atoms with van der Waals surface area (Å²) in [6.07, 6.45) is 1.51. The van der Waals surface area contributed by atoms with Gasteiger partial charge in [0.05, 0.1) is 0 Å². The number of carbonyl (C=O) groups is 1. The molecule has 0 heterocycles. The van der Waals surface area contributed by atoms with Crippen LogP contribution in [0.15, 0.2) is 22.7 Å². The van der Waals surface area contributed by atoms with Gasteiger partial charge in [-0.2, -0.15) is 0 Å². The predicted octanol–water partition coefficient (Wildman–Crippen LogP) is 4.37. The SMILES string of the molecule is CCCC(CNC(=O)OC(C)(C)C)NCc1ccc(F)cc1Br. The van der Waals surface area contributed by atoms with Crippen LogP contribution in [0, 0.1) is 5.82 Å². The topological polar surface area (TPSA) is 50.4 Å². The van der Waals surface area contributed by atoms with E-state index in [1.54, 1.807) is 6.07 Å². The van der Waals surface area contributed by atoms with Gasteiger partial charge in [0.2, 0.25) is 0 Å². The summed E-state index contributed by atoms with van der Waals surface area (Å²) in [5.74, 6) is -0.266. The molecule has 0 aromatic heterocycles. The van der Waals surface area contributed by atoms with E-state index in [9.17, 15) is 9.18 Å². The second kappa shape index (κ2) is 9.23. The molecular weight excluding hydrogens is 363 g/mol. The Balaban J connectivity index is 2.50. The monoisotopic (exact) mass is 388 g/mol. The van der Waals surface area contributed by atoms with E-state index in [-0.39, 0.29) is 11.9 Å². The molecular formula is C17H26BrFN2O2. The molecule has 0 saturated carbocycles. The third-order valence-electron chi connectivity index (χ3n) is 3.13. The maximum atomic E-state index is 13.1. The van der Waals surface area contributed by atoms with E-state index in [1.165, 1.54) is 12.1 Å². The van der Waals surface area contributed by atoms with Crippen LogP contribution in [-0.2, 0) is 11.3 Å². The number of amides is 1. The lowest BCUT2D eigenvalue weighted by Gasteiger charge is -2.22. The Morgan fingerprint density at radius 2 is 2.09 bits per heavy atom. The van der Waals surface area contributed by atoms with E-state index < -0.39 is 11.7 Å². The lowest BCUT2D eigenvalue weighted by atomic mass is 10.1. The highest BCUT2D eigenvalue weighted by Gasteiger charge is 2.17. The first-order chi connectivity index (χ1) is 10.7. The van der Waals surface area contributed by atoms with E-state index in [4.69, 9.17) is 4.74 Å². The molecule has 1 unspecified atom stereocenters. The lowest BCUT2D eigenvalue weighted by molar-refractivity contribution is 0.0521. The van der Waals surface area contributed by atoms with Gasteiger partial charge in [-0.15, -0.1) is 0 Å². The Labute approximate surface area is 146 Å². The molecule has 0 aliphatic carbocycles. The molecule has 1 aromatic carbocycles. The Morgan fingerprint density at radius 3 is 2.65 bits per heavy atom. The first-order valence-corrected chi connectivity index (χ1v) is 8.64. The summed E-state index contributed by atoms with van der Waals surface area (Å²) in [7, 11) is 0. The number of hydrogen-bond acceptors (Lipinski definition) is 3. The Morgan fingerprint density at radius 1 is 1.39 bits per heavy atom. The predicted molar refractivity (Wildman–Crippen MR) is 93.9 cm³/mol. The standard InChI is InChI=1S/C17H26BrFN2O2/c1-5-6-14(11-21-16(22)23-17(2,3)4)20-10-12-7-8-13(19)9-15(12)18/h7-9,14,20H,5-6,10-11H2,1-4H3,(H,21,22). The van der Waals surface area contributed by atoms with Crippen molar-refractivity contribution in [3.05, 3.63) is 34.1 Å². The highest BCUT2D eigenvalue weighted by Crippen LogP contribution is 2.18. The van der Waals surface area contributed by atoms with Crippen LogP contribution in [0.4, 0.5) is 9.18 Å². The Kier molecular flexibility index (Phi) is 7.99. The minimum Gasteiger partial charge on any atom is -0.444 e. The van der Waals surface area contributed by atoms with Crippen LogP contribution in [0.1, 0.15) is 46.1 Å². The molecule has 6 heteroatoms. The summed E-state index contributed by atoms with van der Waals surface area (Å²) in [5, 5.41) is 6.18. The molecule has 130 valence electrons. The van der Waals surface area contributed by atoms with Gasteiger partial charge in [0.25, 0.3) is 0 Å². The van der Waals surface area contributed by atoms with Crippen LogP contribution < -0.4 is 10.6 Å². The van der Waals surface area contributed by atoms with Gasteiger partial charge in [-0.3, -0.25) is 0 Å². The largest absolute Gasteiger partial charge is 0.444 e. The molecule has 0 aliphatic heterocycles. The molecule has 0 aliphatic rings. The van der Waals surface area contributed by atoms with Crippen molar-refractivity contribution in [1.82, 2.24) is 10.6 Å². The molecule has 23 heavy (non-hydrogen) atoms. The minimum absolute atomic E-state index is 0.129. The van der Waals surface area contributed by atoms with Crippen molar-refractivity contribution in [2.45, 2.75) is 58.7 Å². The second-order valence-electron chi connectivity index (χ2n) is 6.49. The average molecular weight is 389 g/mol. The quantitative estimate of drug-likeness (QED) is 0.728. The van der Waals surface area contributed by atoms with E-state index in [1.807, 2.05) is 20.8 Å². The first kappa shape index (κ1) is 19.9. The molecule has 1 rings (SSSR count). The van der Waals surface area contributed by atoms with Gasteiger partial charge >= 0.3 is 6.09 Å². The number of halogens is 2. The van der Waals surface area contributed by atoms with Crippen molar-refractivity contribution in [1.29, 1.82) is 0 Å². The molecule has 1 aromatic rings. The summed E-state index contributed by atoms with van der Waals surface area (Å²) in [6.45, 7) is 8.68. The highest BCUT2D eigenvalue weighted by molar-refractivity contribution is 9.10. The zero-order valence-electron chi connectivity index (χ0n) is 14.2. The summed E-state index contributed by atoms with van der Waals surface area (Å²) < 4.78 is 19.1. The number of hydrogen-bond donors (Lipinski definition) is 2. The number of ether oxygens (including phenoxy) is 1. The van der Waals surface area contributed by atoms with Gasteiger partial charge in [0.1, 0.15) is 11.4 Å². The van der Waals surface area contributed by atoms with E-state index in [0.717, 1.165) is 22.9 Å². The smallest absolute Gasteiger partial charge is 0.407 e. The number of nitrogens with one attached hydrogen (secondary N) is 2. The Bertz CT molecular complexity index is 518. The van der Waals surface area contributed by atoms with Crippen molar-refractivity contribution in [3.8, 4) is 0 Å². The van der Waals surface area contributed by atoms with Crippen LogP contribution in [0.2, 0.25) is 0 Å². The van der Waals surface area contributed by atoms with Gasteiger partial charge in [-0.05, 0) is 44.9 Å². The van der Waals surface area contributed by atoms with Crippen LogP contribution in [-0.4, -0.2) is 24.3 Å². The molecule has 0 radical (unpaired) electrons. The summed E-state index contributed by atoms with van der Waals surface area (Å²) in [4.78, 5) is 11.7. The third kappa shape index (κ3) is 8.32. The third-order valence-corrected chi connectivity index (χ3v) is 3.86. The summed E-state index contributed by atoms with van der Waals surface area (Å²) >= 11 is 3.36. The first-order valence-electron chi connectivity index (χ1n) is 7.85. The number of alkyl carbamates (subject to hydrolysis) is 1. The Hall–Kier alpha value is -1.14. The van der Waals surface area contributed by atoms with E-state index in [0.29, 0.717) is 13.1 Å². The maximum Gasteiger partial charge on any atom is 0.407 e. The van der Waals surface area contributed by atoms with E-state index >= 15 is 0 Å². The van der Waals surface area contributed by atoms with Crippen LogP contribution in [0.5, 0.6) is 0 Å². The fourth-order valence-electron chi connectivity index (χ4n) is 2.06. The molecule has 1 atom stereocenters. The minimum atomic E-state index is -0.503. The van der Waals surface area contributed by atoms with Gasteiger partial charge < -0.3 is 15.4 Å². The molecule has 0 fully saturated rings. The fourth-order valence-corrected chi connectivity index (χ4v) is 2.56. The molecule has 2 N–H and O–H groups in total. The van der Waals surface area contributed by atoms with Gasteiger partial charge in [-0.1, -0.05) is 35.3 Å². The highest BCUT2D eigenvalue weighted by atomic mass is 79.9. The lowest BCUT2D eigenvalue weighted by Crippen LogP contribution is -2.42. The number of carbonyl (C=O) groups excluding carboxylic acids is 1. The molecule has 0 spiro atoms. The molecule has 0 saturated heterocycles. The number of rotatable bonds is 7. The van der Waals surface area contributed by atoms with Crippen molar-refractivity contribution in [3.63, 3.8) is 0 Å². The average Bonchev–Trinajstić information content (AvgIpc) is 2.41. The zero-order valence-corrected chi connectivity index (χ0v) is 15.8. The van der Waals surface area contributed by atoms with Crippen molar-refractivity contribution >= 4 is 22.0 Å². The van der Waals surface area contributed by atoms with Crippen molar-refractivity contribution in [2.24, 2.45) is 0 Å². The van der Waals surface area contributed by atoms with Crippen molar-refractivity contribution in [2.75, 3.05) is 6.54 Å². The van der Waals surface area contributed by atoms with E-state index in [2.05, 4.69) is 33.5 Å². The second-order valence-corrected chi connectivity index (χ2v) is 7.34. The summed E-state index contributed by atoms with van der Waals surface area (Å²) in [5.41, 5.74) is 0.473. The number of benzene rings is 1. The van der Waals surface area contributed by atoms with Crippen molar-refractivity contribution < 1.29 is 13.9 Å². The molecule has 0 bridgehead atoms. The van der Waals surface area contributed by atoms with Gasteiger partial charge in [-0.25, -0.2) is 9.18 Å². The van der Waals surface area contributed by atoms with Gasteiger partial charge in [0, 0.05) is 23.6 Å². The summed E-state index contributed by atoms with van der Waals surface area (Å²) in [6, 6.07) is 4.77. The zero-order chi connectivity index (χ0) is 17.5. The maximum absolute atomic E-state index is 13.1. The fraction of sp³-hybridized carbons (Fsp3) is 0.588. The van der Waals surface area contributed by atoms with Crippen LogP contribution >= 0.6 is 15.9 Å².